The first-order chi connectivity index (χ1) is 9.54. The molecule has 0 saturated carbocycles. The number of hydrogen-bond acceptors (Lipinski definition) is 3. The van der Waals surface area contributed by atoms with Gasteiger partial charge in [-0.3, -0.25) is 4.79 Å². The van der Waals surface area contributed by atoms with Crippen molar-refractivity contribution in [2.45, 2.75) is 13.8 Å². The zero-order chi connectivity index (χ0) is 14.7. The predicted octanol–water partition coefficient (Wildman–Crippen LogP) is 2.83. The molecule has 2 aromatic carbocycles. The third kappa shape index (κ3) is 2.59. The molecule has 0 aliphatic rings. The van der Waals surface area contributed by atoms with Crippen LogP contribution < -0.4 is 16.4 Å². The van der Waals surface area contributed by atoms with E-state index in [1.54, 1.807) is 12.1 Å². The standard InChI is InChI=1S/C16H19N3O/c1-3-19(15-7-5-4-6-11(15)2)12-8-9-14(17)13(10-12)16(18)20/h4-10H,3,17H2,1-2H3,(H2,18,20). The average Bonchev–Trinajstić information content (AvgIpc) is 2.43. The molecule has 0 heterocycles. The molecule has 0 aliphatic heterocycles. The highest BCUT2D eigenvalue weighted by molar-refractivity contribution is 5.99. The Morgan fingerprint density at radius 1 is 1.20 bits per heavy atom. The minimum absolute atomic E-state index is 0.356. The summed E-state index contributed by atoms with van der Waals surface area (Å²) in [5, 5.41) is 0. The van der Waals surface area contributed by atoms with Gasteiger partial charge in [0.2, 0.25) is 0 Å². The zero-order valence-corrected chi connectivity index (χ0v) is 11.8. The van der Waals surface area contributed by atoms with Gasteiger partial charge in [0.15, 0.2) is 0 Å². The molecular weight excluding hydrogens is 250 g/mol. The van der Waals surface area contributed by atoms with Crippen LogP contribution in [0.2, 0.25) is 0 Å². The molecule has 4 nitrogen and oxygen atoms in total. The first-order valence-corrected chi connectivity index (χ1v) is 6.57. The van der Waals surface area contributed by atoms with Crippen molar-refractivity contribution >= 4 is 23.0 Å². The molecule has 0 aliphatic carbocycles. The summed E-state index contributed by atoms with van der Waals surface area (Å²) in [6, 6.07) is 13.5. The van der Waals surface area contributed by atoms with Crippen molar-refractivity contribution in [2.24, 2.45) is 5.73 Å². The molecule has 2 aromatic rings. The second-order valence-electron chi connectivity index (χ2n) is 4.67. The Kier molecular flexibility index (Phi) is 3.94. The summed E-state index contributed by atoms with van der Waals surface area (Å²) in [6.45, 7) is 4.91. The van der Waals surface area contributed by atoms with Gasteiger partial charge in [-0.1, -0.05) is 18.2 Å². The van der Waals surface area contributed by atoms with Crippen molar-refractivity contribution in [1.82, 2.24) is 0 Å². The van der Waals surface area contributed by atoms with E-state index in [1.807, 2.05) is 18.2 Å². The van der Waals surface area contributed by atoms with E-state index in [-0.39, 0.29) is 0 Å². The van der Waals surface area contributed by atoms with Crippen LogP contribution in [-0.2, 0) is 0 Å². The Bertz CT molecular complexity index is 637. The van der Waals surface area contributed by atoms with E-state index in [0.29, 0.717) is 11.3 Å². The van der Waals surface area contributed by atoms with Crippen LogP contribution in [0.15, 0.2) is 42.5 Å². The summed E-state index contributed by atoms with van der Waals surface area (Å²) in [5.41, 5.74) is 15.1. The van der Waals surface area contributed by atoms with Gasteiger partial charge in [-0.2, -0.15) is 0 Å². The third-order valence-corrected chi connectivity index (χ3v) is 3.34. The lowest BCUT2D eigenvalue weighted by molar-refractivity contribution is 0.100. The van der Waals surface area contributed by atoms with Gasteiger partial charge in [-0.15, -0.1) is 0 Å². The number of carbonyl (C=O) groups is 1. The smallest absolute Gasteiger partial charge is 0.250 e. The molecule has 0 bridgehead atoms. The number of nitrogens with zero attached hydrogens (tertiary/aromatic N) is 1. The predicted molar refractivity (Wildman–Crippen MR) is 83.2 cm³/mol. The zero-order valence-electron chi connectivity index (χ0n) is 11.8. The van der Waals surface area contributed by atoms with Crippen molar-refractivity contribution in [3.8, 4) is 0 Å². The van der Waals surface area contributed by atoms with Crippen LogP contribution in [0.5, 0.6) is 0 Å². The number of nitrogen functional groups attached to an aromatic ring is 1. The monoisotopic (exact) mass is 269 g/mol. The summed E-state index contributed by atoms with van der Waals surface area (Å²) in [7, 11) is 0. The van der Waals surface area contributed by atoms with Crippen molar-refractivity contribution in [3.05, 3.63) is 53.6 Å². The molecule has 0 aromatic heterocycles. The number of carbonyl (C=O) groups excluding carboxylic acids is 1. The summed E-state index contributed by atoms with van der Waals surface area (Å²) in [6.07, 6.45) is 0. The number of nitrogens with two attached hydrogens (primary N) is 2. The van der Waals surface area contributed by atoms with E-state index < -0.39 is 5.91 Å². The lowest BCUT2D eigenvalue weighted by atomic mass is 10.1. The van der Waals surface area contributed by atoms with Crippen LogP contribution in [0.1, 0.15) is 22.8 Å². The minimum atomic E-state index is -0.509. The number of hydrogen-bond donors (Lipinski definition) is 2. The number of primary amides is 1. The Labute approximate surface area is 119 Å². The molecule has 0 fully saturated rings. The highest BCUT2D eigenvalue weighted by Gasteiger charge is 2.13. The average molecular weight is 269 g/mol. The number of anilines is 3. The van der Waals surface area contributed by atoms with Crippen molar-refractivity contribution in [2.75, 3.05) is 17.2 Å². The summed E-state index contributed by atoms with van der Waals surface area (Å²) < 4.78 is 0. The van der Waals surface area contributed by atoms with E-state index in [1.165, 1.54) is 5.56 Å². The quantitative estimate of drug-likeness (QED) is 0.838. The first kappa shape index (κ1) is 13.9. The van der Waals surface area contributed by atoms with Gasteiger partial charge in [-0.05, 0) is 43.7 Å². The highest BCUT2D eigenvalue weighted by atomic mass is 16.1. The molecule has 0 spiro atoms. The van der Waals surface area contributed by atoms with Crippen molar-refractivity contribution in [1.29, 1.82) is 0 Å². The lowest BCUT2D eigenvalue weighted by Crippen LogP contribution is -2.19. The maximum atomic E-state index is 11.4. The Hall–Kier alpha value is -2.49. The molecule has 0 saturated heterocycles. The van der Waals surface area contributed by atoms with Gasteiger partial charge >= 0.3 is 0 Å². The number of para-hydroxylation sites is 1. The topological polar surface area (TPSA) is 72.3 Å². The first-order valence-electron chi connectivity index (χ1n) is 6.57. The molecule has 4 N–H and O–H groups in total. The second-order valence-corrected chi connectivity index (χ2v) is 4.67. The molecule has 1 amide bonds. The maximum Gasteiger partial charge on any atom is 0.250 e. The fraction of sp³-hybridized carbons (Fsp3) is 0.188. The van der Waals surface area contributed by atoms with Crippen LogP contribution >= 0.6 is 0 Å². The SMILES string of the molecule is CCN(c1ccc(N)c(C(N)=O)c1)c1ccccc1C. The summed E-state index contributed by atoms with van der Waals surface area (Å²) >= 11 is 0. The van der Waals surface area contributed by atoms with E-state index in [9.17, 15) is 4.79 Å². The number of benzene rings is 2. The molecule has 4 heteroatoms. The Morgan fingerprint density at radius 3 is 2.50 bits per heavy atom. The number of amides is 1. The fourth-order valence-electron chi connectivity index (χ4n) is 2.28. The highest BCUT2D eigenvalue weighted by Crippen LogP contribution is 2.30. The van der Waals surface area contributed by atoms with Crippen LogP contribution in [0, 0.1) is 6.92 Å². The van der Waals surface area contributed by atoms with Gasteiger partial charge in [0.25, 0.3) is 5.91 Å². The maximum absolute atomic E-state index is 11.4. The minimum Gasteiger partial charge on any atom is -0.398 e. The molecular formula is C16H19N3O. The Balaban J connectivity index is 2.50. The molecule has 104 valence electrons. The summed E-state index contributed by atoms with van der Waals surface area (Å²) in [5.74, 6) is -0.509. The van der Waals surface area contributed by atoms with Gasteiger partial charge < -0.3 is 16.4 Å². The van der Waals surface area contributed by atoms with Gasteiger partial charge in [0.1, 0.15) is 0 Å². The van der Waals surface area contributed by atoms with Crippen LogP contribution in [0.3, 0.4) is 0 Å². The van der Waals surface area contributed by atoms with Gasteiger partial charge in [0.05, 0.1) is 5.56 Å². The number of rotatable bonds is 4. The van der Waals surface area contributed by atoms with Crippen LogP contribution in [-0.4, -0.2) is 12.5 Å². The summed E-state index contributed by atoms with van der Waals surface area (Å²) in [4.78, 5) is 13.5. The van der Waals surface area contributed by atoms with E-state index >= 15 is 0 Å². The van der Waals surface area contributed by atoms with E-state index in [4.69, 9.17) is 11.5 Å². The number of aryl methyl sites for hydroxylation is 1. The van der Waals surface area contributed by atoms with E-state index in [0.717, 1.165) is 17.9 Å². The van der Waals surface area contributed by atoms with Crippen molar-refractivity contribution in [3.63, 3.8) is 0 Å². The van der Waals surface area contributed by atoms with Crippen molar-refractivity contribution < 1.29 is 4.79 Å². The molecule has 0 unspecified atom stereocenters. The lowest BCUT2D eigenvalue weighted by Gasteiger charge is -2.25. The largest absolute Gasteiger partial charge is 0.398 e. The van der Waals surface area contributed by atoms with Gasteiger partial charge in [-0.25, -0.2) is 0 Å². The second kappa shape index (κ2) is 5.65. The normalized spacial score (nSPS) is 10.3. The van der Waals surface area contributed by atoms with Crippen LogP contribution in [0.25, 0.3) is 0 Å². The molecule has 2 rings (SSSR count). The molecule has 20 heavy (non-hydrogen) atoms. The third-order valence-electron chi connectivity index (χ3n) is 3.34. The Morgan fingerprint density at radius 2 is 1.90 bits per heavy atom. The molecule has 0 radical (unpaired) electrons. The van der Waals surface area contributed by atoms with Crippen LogP contribution in [0.4, 0.5) is 17.1 Å². The molecule has 0 atom stereocenters. The van der Waals surface area contributed by atoms with Gasteiger partial charge in [0, 0.05) is 23.6 Å². The fourth-order valence-corrected chi connectivity index (χ4v) is 2.28. The van der Waals surface area contributed by atoms with E-state index in [2.05, 4.69) is 30.9 Å².